The van der Waals surface area contributed by atoms with Gasteiger partial charge in [0.25, 0.3) is 5.89 Å². The fourth-order valence-corrected chi connectivity index (χ4v) is 2.68. The smallest absolute Gasteiger partial charge is 0.276 e. The first-order valence-electron chi connectivity index (χ1n) is 9.20. The summed E-state index contributed by atoms with van der Waals surface area (Å²) in [6.45, 7) is 1.82. The Morgan fingerprint density at radius 1 is 1.24 bits per heavy atom. The summed E-state index contributed by atoms with van der Waals surface area (Å²) in [6.07, 6.45) is 2.29. The molecule has 0 aliphatic heterocycles. The van der Waals surface area contributed by atoms with Gasteiger partial charge in [-0.05, 0) is 36.4 Å². The molecule has 0 amide bonds. The van der Waals surface area contributed by atoms with Crippen LogP contribution in [0.2, 0.25) is 5.02 Å². The summed E-state index contributed by atoms with van der Waals surface area (Å²) in [6, 6.07) is 12.9. The molecule has 0 bridgehead atoms. The predicted octanol–water partition coefficient (Wildman–Crippen LogP) is 2.91. The summed E-state index contributed by atoms with van der Waals surface area (Å²) in [5, 5.41) is 7.98. The van der Waals surface area contributed by atoms with E-state index in [0.29, 0.717) is 48.5 Å². The molecule has 0 saturated heterocycles. The number of guanidine groups is 1. The molecule has 0 saturated carbocycles. The normalized spacial score (nSPS) is 11.3. The van der Waals surface area contributed by atoms with Crippen LogP contribution >= 0.6 is 11.6 Å². The Morgan fingerprint density at radius 3 is 2.79 bits per heavy atom. The predicted molar refractivity (Wildman–Crippen MR) is 112 cm³/mol. The van der Waals surface area contributed by atoms with Crippen molar-refractivity contribution >= 4 is 17.6 Å². The average molecular weight is 415 g/mol. The average Bonchev–Trinajstić information content (AvgIpc) is 3.22. The molecule has 0 radical (unpaired) electrons. The molecule has 0 aliphatic carbocycles. The number of halogens is 1. The monoisotopic (exact) mass is 414 g/mol. The molecule has 152 valence electrons. The Labute approximate surface area is 174 Å². The van der Waals surface area contributed by atoms with Crippen molar-refractivity contribution in [1.82, 2.24) is 25.3 Å². The molecule has 29 heavy (non-hydrogen) atoms. The van der Waals surface area contributed by atoms with Crippen LogP contribution in [0.4, 0.5) is 0 Å². The lowest BCUT2D eigenvalue weighted by molar-refractivity contribution is 0.281. The van der Waals surface area contributed by atoms with Crippen molar-refractivity contribution in [3.05, 3.63) is 59.5 Å². The van der Waals surface area contributed by atoms with E-state index in [-0.39, 0.29) is 0 Å². The van der Waals surface area contributed by atoms with Gasteiger partial charge in [-0.25, -0.2) is 0 Å². The van der Waals surface area contributed by atoms with E-state index in [0.717, 1.165) is 11.7 Å². The molecule has 0 fully saturated rings. The van der Waals surface area contributed by atoms with E-state index in [1.54, 1.807) is 25.4 Å². The van der Waals surface area contributed by atoms with Gasteiger partial charge in [0.05, 0.1) is 6.54 Å². The van der Waals surface area contributed by atoms with Gasteiger partial charge in [0.1, 0.15) is 18.1 Å². The lowest BCUT2D eigenvalue weighted by atomic mass is 10.3. The number of hydrogen-bond donors (Lipinski definition) is 1. The van der Waals surface area contributed by atoms with Crippen LogP contribution in [0.1, 0.15) is 5.82 Å². The molecule has 1 aromatic carbocycles. The van der Waals surface area contributed by atoms with E-state index in [1.807, 2.05) is 42.3 Å². The maximum Gasteiger partial charge on any atom is 0.276 e. The van der Waals surface area contributed by atoms with Crippen molar-refractivity contribution < 1.29 is 9.26 Å². The number of pyridine rings is 1. The zero-order valence-electron chi connectivity index (χ0n) is 16.4. The fraction of sp³-hybridized carbons (Fsp3) is 0.300. The largest absolute Gasteiger partial charge is 0.492 e. The van der Waals surface area contributed by atoms with Crippen molar-refractivity contribution in [3.8, 4) is 17.3 Å². The highest BCUT2D eigenvalue weighted by Gasteiger charge is 2.10. The second kappa shape index (κ2) is 10.4. The van der Waals surface area contributed by atoms with Gasteiger partial charge in [-0.1, -0.05) is 22.8 Å². The molecule has 3 rings (SSSR count). The minimum absolute atomic E-state index is 0.418. The van der Waals surface area contributed by atoms with Crippen LogP contribution in [0.25, 0.3) is 11.6 Å². The summed E-state index contributed by atoms with van der Waals surface area (Å²) in [4.78, 5) is 14.9. The lowest BCUT2D eigenvalue weighted by Gasteiger charge is -2.22. The number of hydrogen-bond acceptors (Lipinski definition) is 6. The quantitative estimate of drug-likeness (QED) is 0.447. The molecule has 0 spiro atoms. The maximum absolute atomic E-state index is 5.88. The van der Waals surface area contributed by atoms with Crippen LogP contribution in [0.5, 0.6) is 5.75 Å². The lowest BCUT2D eigenvalue weighted by Crippen LogP contribution is -2.41. The molecule has 2 aromatic heterocycles. The number of aromatic nitrogens is 3. The molecular formula is C20H23ClN6O2. The van der Waals surface area contributed by atoms with Crippen molar-refractivity contribution in [2.24, 2.45) is 4.99 Å². The van der Waals surface area contributed by atoms with E-state index in [2.05, 4.69) is 25.4 Å². The van der Waals surface area contributed by atoms with E-state index in [4.69, 9.17) is 20.9 Å². The van der Waals surface area contributed by atoms with E-state index in [1.165, 1.54) is 0 Å². The van der Waals surface area contributed by atoms with Gasteiger partial charge in [0.15, 0.2) is 11.8 Å². The highest BCUT2D eigenvalue weighted by molar-refractivity contribution is 6.30. The molecule has 2 heterocycles. The number of rotatable bonds is 8. The Morgan fingerprint density at radius 2 is 2.07 bits per heavy atom. The number of likely N-dealkylation sites (N-methyl/N-ethyl adjacent to an activating group) is 1. The molecule has 1 N–H and O–H groups in total. The summed E-state index contributed by atoms with van der Waals surface area (Å²) in [5.74, 6) is 2.58. The van der Waals surface area contributed by atoms with Crippen LogP contribution in [-0.4, -0.2) is 59.8 Å². The Kier molecular flexibility index (Phi) is 7.40. The third-order valence-electron chi connectivity index (χ3n) is 4.07. The van der Waals surface area contributed by atoms with Crippen LogP contribution in [0.15, 0.2) is 58.2 Å². The summed E-state index contributed by atoms with van der Waals surface area (Å²) in [7, 11) is 3.69. The molecule has 0 aliphatic rings. The molecule has 0 unspecified atom stereocenters. The van der Waals surface area contributed by atoms with E-state index in [9.17, 15) is 0 Å². The minimum atomic E-state index is 0.418. The zero-order valence-corrected chi connectivity index (χ0v) is 17.1. The van der Waals surface area contributed by atoms with Gasteiger partial charge in [0, 0.05) is 38.3 Å². The van der Waals surface area contributed by atoms with Gasteiger partial charge in [-0.2, -0.15) is 4.98 Å². The number of nitrogens with one attached hydrogen (secondary N) is 1. The van der Waals surface area contributed by atoms with Crippen molar-refractivity contribution in [2.75, 3.05) is 33.8 Å². The van der Waals surface area contributed by atoms with Crippen molar-refractivity contribution in [3.63, 3.8) is 0 Å². The minimum Gasteiger partial charge on any atom is -0.492 e. The standard InChI is InChI=1S/C20H23ClN6O2/c1-22-20(27(2)13-14-28-16-8-6-15(21)7-9-16)24-12-10-18-25-19(29-26-18)17-5-3-4-11-23-17/h3-9,11H,10,12-14H2,1-2H3,(H,22,24). The van der Waals surface area contributed by atoms with Crippen LogP contribution in [0.3, 0.4) is 0 Å². The molecular weight excluding hydrogens is 392 g/mol. The number of aliphatic imine (C=N–C) groups is 1. The highest BCUT2D eigenvalue weighted by Crippen LogP contribution is 2.15. The van der Waals surface area contributed by atoms with Gasteiger partial charge in [-0.15, -0.1) is 0 Å². The maximum atomic E-state index is 5.88. The third kappa shape index (κ3) is 6.18. The molecule has 9 heteroatoms. The Balaban J connectivity index is 1.41. The van der Waals surface area contributed by atoms with Crippen LogP contribution in [-0.2, 0) is 6.42 Å². The second-order valence-corrected chi connectivity index (χ2v) is 6.62. The first-order valence-corrected chi connectivity index (χ1v) is 9.57. The van der Waals surface area contributed by atoms with Crippen LogP contribution in [0, 0.1) is 0 Å². The molecule has 3 aromatic rings. The van der Waals surface area contributed by atoms with Gasteiger partial charge < -0.3 is 19.5 Å². The van der Waals surface area contributed by atoms with Crippen LogP contribution < -0.4 is 10.1 Å². The van der Waals surface area contributed by atoms with Gasteiger partial charge in [0.2, 0.25) is 0 Å². The summed E-state index contributed by atoms with van der Waals surface area (Å²) < 4.78 is 11.0. The first kappa shape index (κ1) is 20.6. The second-order valence-electron chi connectivity index (χ2n) is 6.18. The summed E-state index contributed by atoms with van der Waals surface area (Å²) >= 11 is 5.88. The zero-order chi connectivity index (χ0) is 20.5. The van der Waals surface area contributed by atoms with Gasteiger partial charge in [-0.3, -0.25) is 9.98 Å². The number of ether oxygens (including phenoxy) is 1. The SMILES string of the molecule is CN=C(NCCc1noc(-c2ccccn2)n1)N(C)CCOc1ccc(Cl)cc1. The van der Waals surface area contributed by atoms with E-state index < -0.39 is 0 Å². The molecule has 8 nitrogen and oxygen atoms in total. The topological polar surface area (TPSA) is 88.7 Å². The van der Waals surface area contributed by atoms with Crippen molar-refractivity contribution in [2.45, 2.75) is 6.42 Å². The van der Waals surface area contributed by atoms with Gasteiger partial charge >= 0.3 is 0 Å². The van der Waals surface area contributed by atoms with Crippen molar-refractivity contribution in [1.29, 1.82) is 0 Å². The first-order chi connectivity index (χ1) is 14.2. The Bertz CT molecular complexity index is 914. The third-order valence-corrected chi connectivity index (χ3v) is 4.32. The number of benzene rings is 1. The highest BCUT2D eigenvalue weighted by atomic mass is 35.5. The number of nitrogens with zero attached hydrogens (tertiary/aromatic N) is 5. The molecule has 0 atom stereocenters. The fourth-order valence-electron chi connectivity index (χ4n) is 2.56. The van der Waals surface area contributed by atoms with E-state index >= 15 is 0 Å². The summed E-state index contributed by atoms with van der Waals surface area (Å²) in [5.41, 5.74) is 0.662. The Hall–Kier alpha value is -3.13.